The van der Waals surface area contributed by atoms with Crippen molar-refractivity contribution in [1.29, 1.82) is 0 Å². The van der Waals surface area contributed by atoms with Gasteiger partial charge in [-0.05, 0) is 0 Å². The fraction of sp³-hybridized carbons (Fsp3) is 0.0345. The molecule has 0 aliphatic rings. The van der Waals surface area contributed by atoms with Gasteiger partial charge in [-0.1, -0.05) is 0 Å². The molecule has 0 amide bonds. The maximum atomic E-state index is 5.01. The third kappa shape index (κ3) is 6.55. The standard InChI is InChI=1S/C58H46Br2P2/c59-61(49-29-11-3-12-30-49,50-31-13-4-14-32-50,43-45-23-7-1-8-24-45)55-41-39-47-27-19-21-37-53(47)57(55)58-54-38-22-20-28-48(54)40-42-56(58)62(60,51-33-15-5-16-34-51,52-35-17-6-18-36-52)44-46-25-9-2-10-26-46/h1-42H,43-44H2. The van der Waals surface area contributed by atoms with E-state index >= 15 is 0 Å². The molecule has 0 heterocycles. The second-order valence-electron chi connectivity index (χ2n) is 16.4. The molecule has 0 radical (unpaired) electrons. The third-order valence-corrected chi connectivity index (χ3v) is 31.8. The number of benzene rings is 10. The SMILES string of the molecule is BrP(Cc1ccccc1)(c1ccccc1)(c1ccccc1)c1ccc2ccccc2c1-c1c(P(Br)(Cc2ccccc2)(c2ccccc2)c2ccccc2)ccc2ccccc12. The average molecular weight is 965 g/mol. The van der Waals surface area contributed by atoms with Crippen LogP contribution in [0.25, 0.3) is 32.7 Å². The van der Waals surface area contributed by atoms with Crippen LogP contribution in [0.4, 0.5) is 0 Å². The summed E-state index contributed by atoms with van der Waals surface area (Å²) in [7, 11) is 0. The van der Waals surface area contributed by atoms with Gasteiger partial charge in [0.2, 0.25) is 0 Å². The Bertz CT molecular complexity index is 2860. The summed E-state index contributed by atoms with van der Waals surface area (Å²) in [6.45, 7) is 0. The molecule has 0 aromatic heterocycles. The first kappa shape index (κ1) is 40.6. The minimum atomic E-state index is -3.67. The van der Waals surface area contributed by atoms with Crippen LogP contribution < -0.4 is 31.8 Å². The molecule has 0 aliphatic carbocycles. The number of hydrogen-bond donors (Lipinski definition) is 0. The van der Waals surface area contributed by atoms with E-state index in [0.717, 1.165) is 12.3 Å². The van der Waals surface area contributed by atoms with Crippen LogP contribution in [0.15, 0.2) is 255 Å². The van der Waals surface area contributed by atoms with Crippen molar-refractivity contribution in [3.8, 4) is 11.1 Å². The van der Waals surface area contributed by atoms with E-state index in [2.05, 4.69) is 255 Å². The predicted octanol–water partition coefficient (Wildman–Crippen LogP) is 14.3. The Kier molecular flexibility index (Phi) is 10.7. The van der Waals surface area contributed by atoms with Crippen LogP contribution in [-0.4, -0.2) is 0 Å². The van der Waals surface area contributed by atoms with Crippen molar-refractivity contribution in [3.63, 3.8) is 0 Å². The molecule has 0 nitrogen and oxygen atoms in total. The fourth-order valence-corrected chi connectivity index (χ4v) is 26.3. The van der Waals surface area contributed by atoms with Gasteiger partial charge in [0.1, 0.15) is 0 Å². The molecule has 0 saturated carbocycles. The van der Waals surface area contributed by atoms with Gasteiger partial charge in [0.05, 0.1) is 0 Å². The van der Waals surface area contributed by atoms with E-state index in [9.17, 15) is 0 Å². The van der Waals surface area contributed by atoms with Crippen molar-refractivity contribution in [2.45, 2.75) is 12.3 Å². The number of fused-ring (bicyclic) bond motifs is 2. The van der Waals surface area contributed by atoms with E-state index in [0.29, 0.717) is 0 Å². The van der Waals surface area contributed by atoms with E-state index < -0.39 is 10.6 Å². The normalized spacial score (nSPS) is 13.2. The summed E-state index contributed by atoms with van der Waals surface area (Å²) >= 11 is 10.0. The van der Waals surface area contributed by atoms with E-state index in [-0.39, 0.29) is 0 Å². The molecule has 10 aromatic carbocycles. The zero-order chi connectivity index (χ0) is 42.1. The molecule has 302 valence electrons. The van der Waals surface area contributed by atoms with Gasteiger partial charge in [-0.3, -0.25) is 0 Å². The summed E-state index contributed by atoms with van der Waals surface area (Å²) in [6, 6.07) is 95.1. The van der Waals surface area contributed by atoms with Gasteiger partial charge in [0.15, 0.2) is 0 Å². The van der Waals surface area contributed by atoms with Gasteiger partial charge in [0, 0.05) is 0 Å². The molecular formula is C58H46Br2P2. The van der Waals surface area contributed by atoms with Gasteiger partial charge in [-0.25, -0.2) is 0 Å². The molecule has 0 atom stereocenters. The third-order valence-electron chi connectivity index (χ3n) is 12.9. The van der Waals surface area contributed by atoms with Gasteiger partial charge >= 0.3 is 384 Å². The summed E-state index contributed by atoms with van der Waals surface area (Å²) < 4.78 is 0. The molecule has 10 rings (SSSR count). The Morgan fingerprint density at radius 3 is 0.823 bits per heavy atom. The second kappa shape index (κ2) is 16.3. The second-order valence-corrected chi connectivity index (χ2v) is 34.1. The maximum absolute atomic E-state index is 5.01. The van der Waals surface area contributed by atoms with Crippen LogP contribution in [0.5, 0.6) is 0 Å². The van der Waals surface area contributed by atoms with Crippen molar-refractivity contribution in [1.82, 2.24) is 0 Å². The first-order valence-electron chi connectivity index (χ1n) is 21.2. The fourth-order valence-electron chi connectivity index (χ4n) is 10.0. The first-order valence-corrected chi connectivity index (χ1v) is 30.1. The number of hydrogen-bond acceptors (Lipinski definition) is 0. The van der Waals surface area contributed by atoms with Crippen LogP contribution in [-0.2, 0) is 12.3 Å². The first-order chi connectivity index (χ1) is 30.4. The van der Waals surface area contributed by atoms with Crippen molar-refractivity contribution in [3.05, 3.63) is 266 Å². The summed E-state index contributed by atoms with van der Waals surface area (Å²) in [5, 5.41) is 5.32. The molecular weight excluding hydrogens is 918 g/mol. The van der Waals surface area contributed by atoms with E-state index in [1.807, 2.05) is 0 Å². The van der Waals surface area contributed by atoms with Crippen molar-refractivity contribution in [2.75, 3.05) is 0 Å². The van der Waals surface area contributed by atoms with Gasteiger partial charge in [-0.2, -0.15) is 0 Å². The van der Waals surface area contributed by atoms with Gasteiger partial charge in [-0.15, -0.1) is 0 Å². The van der Waals surface area contributed by atoms with Crippen molar-refractivity contribution < 1.29 is 0 Å². The Morgan fingerprint density at radius 2 is 0.516 bits per heavy atom. The molecule has 0 saturated heterocycles. The van der Waals surface area contributed by atoms with Crippen molar-refractivity contribution >= 4 is 95.0 Å². The van der Waals surface area contributed by atoms with Crippen LogP contribution in [0, 0.1) is 0 Å². The van der Waals surface area contributed by atoms with E-state index in [1.54, 1.807) is 0 Å². The Hall–Kier alpha value is -5.46. The van der Waals surface area contributed by atoms with E-state index in [1.165, 1.54) is 75.6 Å². The quantitative estimate of drug-likeness (QED) is 0.113. The Balaban J connectivity index is 1.47. The monoisotopic (exact) mass is 962 g/mol. The van der Waals surface area contributed by atoms with Crippen LogP contribution in [0.3, 0.4) is 0 Å². The number of halogens is 2. The molecule has 0 unspecified atom stereocenters. The molecule has 0 N–H and O–H groups in total. The Labute approximate surface area is 381 Å². The molecule has 62 heavy (non-hydrogen) atoms. The zero-order valence-electron chi connectivity index (χ0n) is 34.3. The average Bonchev–Trinajstić information content (AvgIpc) is 3.35. The van der Waals surface area contributed by atoms with E-state index in [4.69, 9.17) is 31.0 Å². The van der Waals surface area contributed by atoms with Crippen molar-refractivity contribution in [2.24, 2.45) is 0 Å². The minimum absolute atomic E-state index is 0.783. The summed E-state index contributed by atoms with van der Waals surface area (Å²) in [5.74, 6) is 0. The molecule has 0 bridgehead atoms. The zero-order valence-corrected chi connectivity index (χ0v) is 39.3. The van der Waals surface area contributed by atoms with Crippen LogP contribution in [0.1, 0.15) is 11.1 Å². The summed E-state index contributed by atoms with van der Waals surface area (Å²) in [6.07, 6.45) is 1.57. The van der Waals surface area contributed by atoms with Crippen LogP contribution in [0.2, 0.25) is 0 Å². The molecule has 0 fully saturated rings. The topological polar surface area (TPSA) is 0 Å². The molecule has 4 heteroatoms. The molecule has 10 aromatic rings. The predicted molar refractivity (Wildman–Crippen MR) is 282 cm³/mol. The summed E-state index contributed by atoms with van der Waals surface area (Å²) in [4.78, 5) is 0. The van der Waals surface area contributed by atoms with Gasteiger partial charge < -0.3 is 0 Å². The number of rotatable bonds is 11. The Morgan fingerprint density at radius 1 is 0.258 bits per heavy atom. The van der Waals surface area contributed by atoms with Gasteiger partial charge in [0.25, 0.3) is 0 Å². The van der Waals surface area contributed by atoms with Crippen LogP contribution >= 0.6 is 41.6 Å². The molecule has 0 spiro atoms. The summed E-state index contributed by atoms with van der Waals surface area (Å²) in [5.41, 5.74) is 5.09. The molecule has 0 aliphatic heterocycles.